The van der Waals surface area contributed by atoms with Crippen LogP contribution in [0.2, 0.25) is 0 Å². The number of hydrogen-bond acceptors (Lipinski definition) is 5. The van der Waals surface area contributed by atoms with Crippen molar-refractivity contribution in [3.63, 3.8) is 0 Å². The number of aromatic nitrogens is 2. The fraction of sp³-hybridized carbons (Fsp3) is 0.167. The molecule has 0 aliphatic heterocycles. The van der Waals surface area contributed by atoms with Crippen molar-refractivity contribution in [3.05, 3.63) is 48.4 Å². The average molecular weight is 278 g/mol. The molecule has 0 atom stereocenters. The molecule has 0 saturated heterocycles. The Labute approximate surface area is 112 Å². The van der Waals surface area contributed by atoms with E-state index in [0.717, 1.165) is 11.8 Å². The summed E-state index contributed by atoms with van der Waals surface area (Å²) in [4.78, 5) is 8.06. The van der Waals surface area contributed by atoms with Crippen LogP contribution in [-0.4, -0.2) is 24.6 Å². The van der Waals surface area contributed by atoms with Gasteiger partial charge in [0.25, 0.3) is 0 Å². The summed E-state index contributed by atoms with van der Waals surface area (Å²) >= 11 is 0. The Morgan fingerprint density at radius 3 is 2.47 bits per heavy atom. The molecule has 2 rings (SSSR count). The van der Waals surface area contributed by atoms with Crippen molar-refractivity contribution in [1.82, 2.24) is 9.97 Å². The second-order valence-corrected chi connectivity index (χ2v) is 5.76. The van der Waals surface area contributed by atoms with Gasteiger partial charge in [-0.3, -0.25) is 9.71 Å². The lowest BCUT2D eigenvalue weighted by atomic mass is 10.3. The molecule has 0 aliphatic carbocycles. The molecule has 2 aromatic heterocycles. The van der Waals surface area contributed by atoms with Gasteiger partial charge in [0.15, 0.2) is 0 Å². The summed E-state index contributed by atoms with van der Waals surface area (Å²) in [5.41, 5.74) is 1.53. The molecule has 0 saturated carbocycles. The predicted octanol–water partition coefficient (Wildman–Crippen LogP) is 1.46. The first-order valence-electron chi connectivity index (χ1n) is 5.59. The Morgan fingerprint density at radius 2 is 1.89 bits per heavy atom. The van der Waals surface area contributed by atoms with Crippen LogP contribution in [0.4, 0.5) is 11.5 Å². The largest absolute Gasteiger partial charge is 0.366 e. The lowest BCUT2D eigenvalue weighted by molar-refractivity contribution is 0.607. The van der Waals surface area contributed by atoms with Crippen molar-refractivity contribution in [1.29, 1.82) is 0 Å². The normalized spacial score (nSPS) is 11.0. The Morgan fingerprint density at radius 1 is 1.16 bits per heavy atom. The number of pyridine rings is 2. The van der Waals surface area contributed by atoms with E-state index in [0.29, 0.717) is 18.1 Å². The van der Waals surface area contributed by atoms with Crippen molar-refractivity contribution in [2.75, 3.05) is 16.3 Å². The number of sulfonamides is 1. The Hall–Kier alpha value is -2.15. The highest BCUT2D eigenvalue weighted by atomic mass is 32.2. The van der Waals surface area contributed by atoms with Gasteiger partial charge in [-0.1, -0.05) is 0 Å². The molecule has 0 bridgehead atoms. The van der Waals surface area contributed by atoms with Crippen LogP contribution in [0.3, 0.4) is 0 Å². The Kier molecular flexibility index (Phi) is 3.96. The van der Waals surface area contributed by atoms with E-state index in [1.165, 1.54) is 6.20 Å². The molecule has 0 spiro atoms. The fourth-order valence-electron chi connectivity index (χ4n) is 1.47. The van der Waals surface area contributed by atoms with Gasteiger partial charge in [0.1, 0.15) is 5.82 Å². The summed E-state index contributed by atoms with van der Waals surface area (Å²) in [5.74, 6) is 0.677. The van der Waals surface area contributed by atoms with Crippen LogP contribution in [-0.2, 0) is 16.6 Å². The number of nitrogens with zero attached hydrogens (tertiary/aromatic N) is 2. The van der Waals surface area contributed by atoms with E-state index in [-0.39, 0.29) is 0 Å². The molecular weight excluding hydrogens is 264 g/mol. The molecule has 19 heavy (non-hydrogen) atoms. The smallest absolute Gasteiger partial charge is 0.229 e. The molecule has 7 heteroatoms. The molecule has 2 heterocycles. The fourth-order valence-corrected chi connectivity index (χ4v) is 2.02. The monoisotopic (exact) mass is 278 g/mol. The molecule has 0 aliphatic rings. The van der Waals surface area contributed by atoms with Gasteiger partial charge in [-0.25, -0.2) is 13.4 Å². The van der Waals surface area contributed by atoms with Gasteiger partial charge < -0.3 is 5.32 Å². The van der Waals surface area contributed by atoms with Crippen molar-refractivity contribution >= 4 is 21.5 Å². The Bertz CT molecular complexity index is 627. The lowest BCUT2D eigenvalue weighted by Crippen LogP contribution is -2.10. The molecule has 0 aromatic carbocycles. The summed E-state index contributed by atoms with van der Waals surface area (Å²) in [5, 5.41) is 3.13. The number of hydrogen-bond donors (Lipinski definition) is 2. The van der Waals surface area contributed by atoms with Gasteiger partial charge in [-0.15, -0.1) is 0 Å². The van der Waals surface area contributed by atoms with E-state index >= 15 is 0 Å². The van der Waals surface area contributed by atoms with Crippen LogP contribution in [0.1, 0.15) is 5.56 Å². The van der Waals surface area contributed by atoms with Crippen molar-refractivity contribution in [2.24, 2.45) is 0 Å². The van der Waals surface area contributed by atoms with E-state index in [9.17, 15) is 8.42 Å². The predicted molar refractivity (Wildman–Crippen MR) is 74.3 cm³/mol. The second kappa shape index (κ2) is 5.66. The van der Waals surface area contributed by atoms with Gasteiger partial charge >= 0.3 is 0 Å². The van der Waals surface area contributed by atoms with Gasteiger partial charge in [0.2, 0.25) is 10.0 Å². The van der Waals surface area contributed by atoms with Crippen LogP contribution in [0.15, 0.2) is 42.9 Å². The minimum atomic E-state index is -3.26. The van der Waals surface area contributed by atoms with Gasteiger partial charge in [0.05, 0.1) is 18.1 Å². The molecule has 0 unspecified atom stereocenters. The zero-order chi connectivity index (χ0) is 13.7. The number of anilines is 2. The minimum Gasteiger partial charge on any atom is -0.366 e. The number of nitrogens with one attached hydrogen (secondary N) is 2. The molecule has 2 N–H and O–H groups in total. The van der Waals surface area contributed by atoms with Gasteiger partial charge in [-0.05, 0) is 29.8 Å². The van der Waals surface area contributed by atoms with Gasteiger partial charge in [-0.2, -0.15) is 0 Å². The highest BCUT2D eigenvalue weighted by molar-refractivity contribution is 7.92. The molecule has 0 fully saturated rings. The maximum atomic E-state index is 11.0. The SMILES string of the molecule is CS(=O)(=O)Nc1ccc(NCc2ccncc2)nc1. The highest BCUT2D eigenvalue weighted by Gasteiger charge is 2.02. The maximum absolute atomic E-state index is 11.0. The maximum Gasteiger partial charge on any atom is 0.229 e. The van der Waals surface area contributed by atoms with Crippen LogP contribution in [0.25, 0.3) is 0 Å². The molecule has 2 aromatic rings. The lowest BCUT2D eigenvalue weighted by Gasteiger charge is -2.07. The van der Waals surface area contributed by atoms with E-state index in [1.54, 1.807) is 24.5 Å². The van der Waals surface area contributed by atoms with E-state index in [1.807, 2.05) is 12.1 Å². The zero-order valence-electron chi connectivity index (χ0n) is 10.4. The molecule has 100 valence electrons. The highest BCUT2D eigenvalue weighted by Crippen LogP contribution is 2.11. The van der Waals surface area contributed by atoms with Gasteiger partial charge in [0, 0.05) is 18.9 Å². The topological polar surface area (TPSA) is 84.0 Å². The summed E-state index contributed by atoms with van der Waals surface area (Å²) in [6, 6.07) is 7.19. The number of rotatable bonds is 5. The second-order valence-electron chi connectivity index (χ2n) is 4.02. The molecule has 0 amide bonds. The average Bonchev–Trinajstić information content (AvgIpc) is 2.37. The van der Waals surface area contributed by atoms with E-state index in [2.05, 4.69) is 20.0 Å². The third-order valence-corrected chi connectivity index (χ3v) is 2.90. The van der Waals surface area contributed by atoms with Crippen LogP contribution < -0.4 is 10.0 Å². The first-order valence-corrected chi connectivity index (χ1v) is 7.49. The van der Waals surface area contributed by atoms with E-state index < -0.39 is 10.0 Å². The van der Waals surface area contributed by atoms with Crippen LogP contribution in [0, 0.1) is 0 Å². The summed E-state index contributed by atoms with van der Waals surface area (Å²) in [7, 11) is -3.26. The van der Waals surface area contributed by atoms with Crippen molar-refractivity contribution in [2.45, 2.75) is 6.54 Å². The summed E-state index contributed by atoms with van der Waals surface area (Å²) in [6.45, 7) is 0.633. The first-order chi connectivity index (χ1) is 9.03. The minimum absolute atomic E-state index is 0.442. The summed E-state index contributed by atoms with van der Waals surface area (Å²) < 4.78 is 24.4. The zero-order valence-corrected chi connectivity index (χ0v) is 11.2. The molecule has 0 radical (unpaired) electrons. The van der Waals surface area contributed by atoms with Crippen molar-refractivity contribution < 1.29 is 8.42 Å². The third-order valence-electron chi connectivity index (χ3n) is 2.29. The van der Waals surface area contributed by atoms with Crippen molar-refractivity contribution in [3.8, 4) is 0 Å². The quantitative estimate of drug-likeness (QED) is 0.865. The molecule has 6 nitrogen and oxygen atoms in total. The van der Waals surface area contributed by atoms with Crippen LogP contribution >= 0.6 is 0 Å². The van der Waals surface area contributed by atoms with E-state index in [4.69, 9.17) is 0 Å². The summed E-state index contributed by atoms with van der Waals surface area (Å²) in [6.07, 6.45) is 6.02. The first kappa shape index (κ1) is 13.3. The third kappa shape index (κ3) is 4.55. The van der Waals surface area contributed by atoms with Crippen LogP contribution in [0.5, 0.6) is 0 Å². The Balaban J connectivity index is 1.96. The molecular formula is C12H14N4O2S. The standard InChI is InChI=1S/C12H14N4O2S/c1-19(17,18)16-11-2-3-12(15-9-11)14-8-10-4-6-13-7-5-10/h2-7,9,16H,8H2,1H3,(H,14,15).